The molecule has 0 aliphatic rings. The monoisotopic (exact) mass is 473 g/mol. The average Bonchev–Trinajstić information content (AvgIpc) is 3.27. The van der Waals surface area contributed by atoms with Crippen LogP contribution in [0.4, 0.5) is 5.13 Å². The molecule has 1 aromatic heterocycles. The molecule has 0 saturated heterocycles. The number of carbonyl (C=O) groups is 2. The summed E-state index contributed by atoms with van der Waals surface area (Å²) in [5.41, 5.74) is 1.82. The van der Waals surface area contributed by atoms with Gasteiger partial charge < -0.3 is 4.74 Å². The van der Waals surface area contributed by atoms with Crippen molar-refractivity contribution in [2.75, 3.05) is 25.0 Å². The van der Waals surface area contributed by atoms with Gasteiger partial charge in [0.2, 0.25) is 10.0 Å². The summed E-state index contributed by atoms with van der Waals surface area (Å²) in [5, 5.41) is 4.82. The zero-order valence-electron chi connectivity index (χ0n) is 17.6. The molecule has 1 N–H and O–H groups in total. The molecule has 10 heteroatoms. The van der Waals surface area contributed by atoms with E-state index < -0.39 is 28.5 Å². The summed E-state index contributed by atoms with van der Waals surface area (Å²) < 4.78 is 31.4. The quantitative estimate of drug-likeness (QED) is 0.476. The lowest BCUT2D eigenvalue weighted by molar-refractivity contribution is -0.119. The molecule has 2 aromatic carbocycles. The number of esters is 1. The van der Waals surface area contributed by atoms with Crippen LogP contribution in [0, 0.1) is 0 Å². The Kier molecular flexibility index (Phi) is 7.73. The van der Waals surface area contributed by atoms with Crippen molar-refractivity contribution in [1.29, 1.82) is 0 Å². The van der Waals surface area contributed by atoms with E-state index in [0.717, 1.165) is 11.3 Å². The van der Waals surface area contributed by atoms with Gasteiger partial charge in [0.05, 0.1) is 16.2 Å². The maximum Gasteiger partial charge on any atom is 0.338 e. The number of aromatic nitrogens is 1. The van der Waals surface area contributed by atoms with Crippen LogP contribution in [-0.4, -0.2) is 49.3 Å². The van der Waals surface area contributed by atoms with Gasteiger partial charge >= 0.3 is 5.97 Å². The van der Waals surface area contributed by atoms with E-state index in [-0.39, 0.29) is 10.5 Å². The lowest BCUT2D eigenvalue weighted by Gasteiger charge is -2.18. The van der Waals surface area contributed by atoms with Crippen LogP contribution < -0.4 is 5.32 Å². The van der Waals surface area contributed by atoms with E-state index in [2.05, 4.69) is 10.3 Å². The van der Waals surface area contributed by atoms with E-state index in [1.807, 2.05) is 35.7 Å². The molecule has 0 aliphatic carbocycles. The van der Waals surface area contributed by atoms with Crippen molar-refractivity contribution >= 4 is 38.4 Å². The Morgan fingerprint density at radius 2 is 1.69 bits per heavy atom. The van der Waals surface area contributed by atoms with Crippen LogP contribution in [0.15, 0.2) is 64.9 Å². The fraction of sp³-hybridized carbons (Fsp3) is 0.227. The minimum Gasteiger partial charge on any atom is -0.452 e. The van der Waals surface area contributed by atoms with E-state index in [1.54, 1.807) is 13.8 Å². The highest BCUT2D eigenvalue weighted by atomic mass is 32.2. The maximum atomic E-state index is 12.5. The van der Waals surface area contributed by atoms with Crippen LogP contribution in [0.3, 0.4) is 0 Å². The first-order valence-corrected chi connectivity index (χ1v) is 12.2. The van der Waals surface area contributed by atoms with E-state index in [9.17, 15) is 18.0 Å². The normalized spacial score (nSPS) is 11.3. The number of nitrogens with zero attached hydrogens (tertiary/aromatic N) is 2. The second-order valence-corrected chi connectivity index (χ2v) is 9.44. The van der Waals surface area contributed by atoms with E-state index in [1.165, 1.54) is 39.9 Å². The predicted molar refractivity (Wildman–Crippen MR) is 123 cm³/mol. The van der Waals surface area contributed by atoms with Gasteiger partial charge in [-0.2, -0.15) is 4.31 Å². The molecule has 3 rings (SSSR count). The highest BCUT2D eigenvalue weighted by Gasteiger charge is 2.22. The van der Waals surface area contributed by atoms with Crippen molar-refractivity contribution in [1.82, 2.24) is 9.29 Å². The van der Waals surface area contributed by atoms with Gasteiger partial charge in [0.1, 0.15) is 0 Å². The fourth-order valence-corrected chi connectivity index (χ4v) is 5.11. The molecule has 0 unspecified atom stereocenters. The molecular weight excluding hydrogens is 450 g/mol. The fourth-order valence-electron chi connectivity index (χ4n) is 2.92. The third-order valence-corrected chi connectivity index (χ3v) is 7.41. The molecule has 168 valence electrons. The molecule has 1 heterocycles. The number of benzene rings is 2. The molecule has 32 heavy (non-hydrogen) atoms. The maximum absolute atomic E-state index is 12.5. The van der Waals surface area contributed by atoms with Crippen LogP contribution in [0.25, 0.3) is 11.3 Å². The number of amides is 1. The lowest BCUT2D eigenvalue weighted by atomic mass is 10.2. The van der Waals surface area contributed by atoms with E-state index in [4.69, 9.17) is 4.74 Å². The number of rotatable bonds is 9. The predicted octanol–water partition coefficient (Wildman–Crippen LogP) is 3.64. The number of hydrogen-bond acceptors (Lipinski definition) is 7. The zero-order chi connectivity index (χ0) is 23.1. The Balaban J connectivity index is 1.55. The zero-order valence-corrected chi connectivity index (χ0v) is 19.3. The van der Waals surface area contributed by atoms with Gasteiger partial charge in [0, 0.05) is 24.0 Å². The summed E-state index contributed by atoms with van der Waals surface area (Å²) in [7, 11) is -3.61. The van der Waals surface area contributed by atoms with Crippen LogP contribution in [-0.2, 0) is 19.6 Å². The van der Waals surface area contributed by atoms with Crippen LogP contribution in [0.5, 0.6) is 0 Å². The summed E-state index contributed by atoms with van der Waals surface area (Å²) in [6, 6.07) is 15.0. The van der Waals surface area contributed by atoms with Gasteiger partial charge in [-0.1, -0.05) is 44.2 Å². The number of ether oxygens (including phenoxy) is 1. The van der Waals surface area contributed by atoms with Gasteiger partial charge in [0.25, 0.3) is 5.91 Å². The Morgan fingerprint density at radius 1 is 1.03 bits per heavy atom. The Morgan fingerprint density at radius 3 is 2.31 bits per heavy atom. The first-order chi connectivity index (χ1) is 15.3. The van der Waals surface area contributed by atoms with E-state index in [0.29, 0.717) is 18.2 Å². The molecule has 0 fully saturated rings. The largest absolute Gasteiger partial charge is 0.452 e. The molecule has 0 saturated carbocycles. The minimum absolute atomic E-state index is 0.0912. The number of anilines is 1. The van der Waals surface area contributed by atoms with Crippen LogP contribution in [0.2, 0.25) is 0 Å². The molecule has 1 amide bonds. The summed E-state index contributed by atoms with van der Waals surface area (Å²) in [4.78, 5) is 28.8. The molecule has 0 bridgehead atoms. The van der Waals surface area contributed by atoms with Gasteiger partial charge in [-0.05, 0) is 24.3 Å². The number of sulfonamides is 1. The Hall–Kier alpha value is -3.08. The van der Waals surface area contributed by atoms with Crippen LogP contribution in [0.1, 0.15) is 24.2 Å². The molecule has 8 nitrogen and oxygen atoms in total. The van der Waals surface area contributed by atoms with Gasteiger partial charge in [-0.3, -0.25) is 10.1 Å². The first kappa shape index (κ1) is 23.6. The lowest BCUT2D eigenvalue weighted by Crippen LogP contribution is -2.30. The Bertz CT molecular complexity index is 1170. The first-order valence-electron chi connectivity index (χ1n) is 9.93. The van der Waals surface area contributed by atoms with Crippen molar-refractivity contribution in [3.8, 4) is 11.3 Å². The molecule has 0 spiro atoms. The van der Waals surface area contributed by atoms with Crippen molar-refractivity contribution in [2.45, 2.75) is 18.7 Å². The highest BCUT2D eigenvalue weighted by Crippen LogP contribution is 2.24. The number of nitrogens with one attached hydrogen (secondary N) is 1. The van der Waals surface area contributed by atoms with Gasteiger partial charge in [-0.25, -0.2) is 18.2 Å². The molecule has 0 atom stereocenters. The van der Waals surface area contributed by atoms with Crippen molar-refractivity contribution < 1.29 is 22.7 Å². The van der Waals surface area contributed by atoms with Crippen LogP contribution >= 0.6 is 11.3 Å². The topological polar surface area (TPSA) is 106 Å². The SMILES string of the molecule is CCN(CC)S(=O)(=O)c1ccc(C(=O)OCC(=O)Nc2nc(-c3ccccc3)cs2)cc1. The molecule has 0 aliphatic heterocycles. The highest BCUT2D eigenvalue weighted by molar-refractivity contribution is 7.89. The summed E-state index contributed by atoms with van der Waals surface area (Å²) in [5.74, 6) is -1.25. The molecule has 0 radical (unpaired) electrons. The minimum atomic E-state index is -3.61. The average molecular weight is 474 g/mol. The summed E-state index contributed by atoms with van der Waals surface area (Å²) in [6.45, 7) is 3.73. The smallest absolute Gasteiger partial charge is 0.338 e. The Labute approximate surface area is 190 Å². The number of thiazole rings is 1. The third kappa shape index (κ3) is 5.58. The van der Waals surface area contributed by atoms with Crippen molar-refractivity contribution in [3.63, 3.8) is 0 Å². The molecule has 3 aromatic rings. The van der Waals surface area contributed by atoms with Crippen molar-refractivity contribution in [2.24, 2.45) is 0 Å². The third-order valence-electron chi connectivity index (χ3n) is 4.59. The van der Waals surface area contributed by atoms with Gasteiger partial charge in [0.15, 0.2) is 11.7 Å². The molecular formula is C22H23N3O5S2. The second kappa shape index (κ2) is 10.5. The summed E-state index contributed by atoms with van der Waals surface area (Å²) >= 11 is 1.27. The second-order valence-electron chi connectivity index (χ2n) is 6.64. The summed E-state index contributed by atoms with van der Waals surface area (Å²) in [6.07, 6.45) is 0. The number of hydrogen-bond donors (Lipinski definition) is 1. The standard InChI is InChI=1S/C22H23N3O5S2/c1-3-25(4-2)32(28,29)18-12-10-17(11-13-18)21(27)30-14-20(26)24-22-23-19(15-31-22)16-8-6-5-7-9-16/h5-13,15H,3-4,14H2,1-2H3,(H,23,24,26). The van der Waals surface area contributed by atoms with Crippen molar-refractivity contribution in [3.05, 3.63) is 65.5 Å². The number of carbonyl (C=O) groups excluding carboxylic acids is 2. The van der Waals surface area contributed by atoms with Gasteiger partial charge in [-0.15, -0.1) is 11.3 Å². The van der Waals surface area contributed by atoms with E-state index >= 15 is 0 Å².